The van der Waals surface area contributed by atoms with Crippen molar-refractivity contribution in [1.82, 2.24) is 9.97 Å². The zero-order valence-electron chi connectivity index (χ0n) is 16.8. The number of hydrogen-bond acceptors (Lipinski definition) is 5. The molecule has 5 nitrogen and oxygen atoms in total. The van der Waals surface area contributed by atoms with Gasteiger partial charge in [-0.25, -0.2) is 4.98 Å². The van der Waals surface area contributed by atoms with Crippen LogP contribution in [0, 0.1) is 13.0 Å². The second kappa shape index (κ2) is 9.65. The number of rotatable bonds is 6. The van der Waals surface area contributed by atoms with Crippen LogP contribution in [-0.4, -0.2) is 36.3 Å². The van der Waals surface area contributed by atoms with E-state index in [1.165, 1.54) is 23.0 Å². The number of benzene rings is 2. The number of nitrogens with one attached hydrogen (secondary N) is 1. The van der Waals surface area contributed by atoms with Crippen LogP contribution in [0.15, 0.2) is 42.6 Å². The highest BCUT2D eigenvalue weighted by Crippen LogP contribution is 2.27. The third-order valence-corrected chi connectivity index (χ3v) is 5.55. The number of ether oxygens (including phenoxy) is 1. The van der Waals surface area contributed by atoms with E-state index in [9.17, 15) is 0 Å². The Morgan fingerprint density at radius 2 is 2.00 bits per heavy atom. The highest BCUT2D eigenvalue weighted by molar-refractivity contribution is 6.33. The van der Waals surface area contributed by atoms with Crippen molar-refractivity contribution in [3.63, 3.8) is 0 Å². The summed E-state index contributed by atoms with van der Waals surface area (Å²) in [6, 6.07) is 16.0. The lowest BCUT2D eigenvalue weighted by molar-refractivity contribution is 0.122. The molecule has 1 fully saturated rings. The summed E-state index contributed by atoms with van der Waals surface area (Å²) in [4.78, 5) is 10.5. The maximum atomic E-state index is 6.17. The van der Waals surface area contributed by atoms with E-state index >= 15 is 0 Å². The molecule has 2 aromatic carbocycles. The molecule has 1 radical (unpaired) electrons. The molecule has 155 valence electrons. The molecule has 3 aromatic rings. The summed E-state index contributed by atoms with van der Waals surface area (Å²) >= 11 is 12.1. The summed E-state index contributed by atoms with van der Waals surface area (Å²) in [6.45, 7) is 5.50. The Morgan fingerprint density at radius 3 is 2.83 bits per heavy atom. The minimum absolute atomic E-state index is 0.157. The van der Waals surface area contributed by atoms with Crippen LogP contribution in [0.4, 0.5) is 17.2 Å². The van der Waals surface area contributed by atoms with Gasteiger partial charge in [0.25, 0.3) is 0 Å². The lowest BCUT2D eigenvalue weighted by atomic mass is 10.00. The van der Waals surface area contributed by atoms with Gasteiger partial charge in [0.05, 0.1) is 19.4 Å². The van der Waals surface area contributed by atoms with E-state index in [-0.39, 0.29) is 5.28 Å². The number of aryl methyl sites for hydroxylation is 3. The van der Waals surface area contributed by atoms with Gasteiger partial charge in [-0.1, -0.05) is 23.7 Å². The van der Waals surface area contributed by atoms with Gasteiger partial charge >= 0.3 is 0 Å². The van der Waals surface area contributed by atoms with E-state index < -0.39 is 0 Å². The minimum atomic E-state index is 0.157. The fourth-order valence-electron chi connectivity index (χ4n) is 3.57. The summed E-state index contributed by atoms with van der Waals surface area (Å²) in [5.74, 6) is 0.497. The van der Waals surface area contributed by atoms with Crippen molar-refractivity contribution in [1.29, 1.82) is 0 Å². The van der Waals surface area contributed by atoms with Crippen molar-refractivity contribution in [2.75, 3.05) is 36.5 Å². The van der Waals surface area contributed by atoms with E-state index in [1.807, 2.05) is 12.1 Å². The molecule has 0 amide bonds. The van der Waals surface area contributed by atoms with Crippen LogP contribution in [0.2, 0.25) is 10.3 Å². The number of anilines is 3. The normalized spacial score (nSPS) is 14.0. The van der Waals surface area contributed by atoms with Gasteiger partial charge in [0, 0.05) is 24.5 Å². The summed E-state index contributed by atoms with van der Waals surface area (Å²) < 4.78 is 5.52. The summed E-state index contributed by atoms with van der Waals surface area (Å²) in [5, 5.41) is 3.81. The Labute approximate surface area is 187 Å². The molecule has 0 bridgehead atoms. The molecular weight excluding hydrogens is 419 g/mol. The van der Waals surface area contributed by atoms with Crippen molar-refractivity contribution in [2.24, 2.45) is 0 Å². The molecule has 1 saturated heterocycles. The van der Waals surface area contributed by atoms with Gasteiger partial charge in [0.2, 0.25) is 5.28 Å². The van der Waals surface area contributed by atoms with Gasteiger partial charge in [-0.2, -0.15) is 4.98 Å². The summed E-state index contributed by atoms with van der Waals surface area (Å²) in [5.41, 5.74) is 5.90. The van der Waals surface area contributed by atoms with Gasteiger partial charge in [-0.15, -0.1) is 0 Å². The topological polar surface area (TPSA) is 50.3 Å². The molecule has 0 atom stereocenters. The number of aromatic nitrogens is 2. The van der Waals surface area contributed by atoms with Crippen molar-refractivity contribution in [3.8, 4) is 0 Å². The molecular formula is C23H23Cl2N4O. The third-order valence-electron chi connectivity index (χ3n) is 5.10. The number of nitrogens with zero attached hydrogens (tertiary/aromatic N) is 3. The standard InChI is InChI=1S/C23H23Cl2N4O/c1-16-5-7-18(21(13-16)29-9-11-30-12-10-29)8-6-17-3-2-4-19(14-17)27-22-20(24)15-26-23(25)28-22/h2-4,7,13-15H,6,8-12H2,1H3,(H,26,27,28). The maximum Gasteiger partial charge on any atom is 0.224 e. The highest BCUT2D eigenvalue weighted by Gasteiger charge is 2.15. The third kappa shape index (κ3) is 5.22. The van der Waals surface area contributed by atoms with E-state index in [0.717, 1.165) is 50.4 Å². The van der Waals surface area contributed by atoms with Crippen molar-refractivity contribution >= 4 is 40.4 Å². The van der Waals surface area contributed by atoms with Crippen molar-refractivity contribution in [3.05, 3.63) is 75.7 Å². The molecule has 1 aliphatic heterocycles. The molecule has 0 aliphatic carbocycles. The molecule has 0 unspecified atom stereocenters. The van der Waals surface area contributed by atoms with Crippen molar-refractivity contribution < 1.29 is 4.74 Å². The van der Waals surface area contributed by atoms with Crippen molar-refractivity contribution in [2.45, 2.75) is 19.8 Å². The predicted octanol–water partition coefficient (Wildman–Crippen LogP) is 5.26. The zero-order valence-corrected chi connectivity index (χ0v) is 18.3. The molecule has 1 N–H and O–H groups in total. The first-order valence-corrected chi connectivity index (χ1v) is 10.7. The smallest absolute Gasteiger partial charge is 0.224 e. The van der Waals surface area contributed by atoms with Gasteiger partial charge in [0.1, 0.15) is 5.02 Å². The molecule has 4 rings (SSSR count). The van der Waals surface area contributed by atoms with Gasteiger partial charge < -0.3 is 15.0 Å². The van der Waals surface area contributed by atoms with Crippen LogP contribution in [0.25, 0.3) is 0 Å². The van der Waals surface area contributed by atoms with E-state index in [4.69, 9.17) is 27.9 Å². The first-order valence-electron chi connectivity index (χ1n) is 9.96. The quantitative estimate of drug-likeness (QED) is 0.528. The Hall–Kier alpha value is -2.34. The largest absolute Gasteiger partial charge is 0.378 e. The molecule has 7 heteroatoms. The average Bonchev–Trinajstić information content (AvgIpc) is 2.76. The number of morpholine rings is 1. The van der Waals surface area contributed by atoms with Crippen LogP contribution >= 0.6 is 23.2 Å². The molecule has 0 spiro atoms. The summed E-state index contributed by atoms with van der Waals surface area (Å²) in [7, 11) is 0. The highest BCUT2D eigenvalue weighted by atomic mass is 35.5. The van der Waals surface area contributed by atoms with Crippen LogP contribution < -0.4 is 10.2 Å². The fourth-order valence-corrected chi connectivity index (χ4v) is 3.84. The Kier molecular flexibility index (Phi) is 6.72. The van der Waals surface area contributed by atoms with Gasteiger partial charge in [-0.3, -0.25) is 0 Å². The van der Waals surface area contributed by atoms with E-state index in [2.05, 4.69) is 57.4 Å². The molecule has 30 heavy (non-hydrogen) atoms. The average molecular weight is 442 g/mol. The molecule has 2 heterocycles. The predicted molar refractivity (Wildman–Crippen MR) is 122 cm³/mol. The maximum absolute atomic E-state index is 6.17. The Bertz CT molecular complexity index is 1020. The number of halogens is 2. The SMILES string of the molecule is Cc1[c]cc(CCc2cccc(Nc3nc(Cl)ncc3Cl)c2)c(N2CCOCC2)c1. The lowest BCUT2D eigenvalue weighted by Crippen LogP contribution is -2.36. The van der Waals surface area contributed by atoms with Crippen LogP contribution in [0.1, 0.15) is 16.7 Å². The van der Waals surface area contributed by atoms with Crippen LogP contribution in [0.5, 0.6) is 0 Å². The monoisotopic (exact) mass is 441 g/mol. The Morgan fingerprint density at radius 1 is 1.17 bits per heavy atom. The second-order valence-electron chi connectivity index (χ2n) is 7.29. The first-order chi connectivity index (χ1) is 14.6. The van der Waals surface area contributed by atoms with Crippen LogP contribution in [-0.2, 0) is 17.6 Å². The number of hydrogen-bond donors (Lipinski definition) is 1. The van der Waals surface area contributed by atoms with Crippen LogP contribution in [0.3, 0.4) is 0 Å². The van der Waals surface area contributed by atoms with Gasteiger partial charge in [-0.05, 0) is 78.4 Å². The zero-order chi connectivity index (χ0) is 20.9. The Balaban J connectivity index is 1.48. The van der Waals surface area contributed by atoms with Gasteiger partial charge in [0.15, 0.2) is 5.82 Å². The minimum Gasteiger partial charge on any atom is -0.378 e. The fraction of sp³-hybridized carbons (Fsp3) is 0.304. The van der Waals surface area contributed by atoms with E-state index in [1.54, 1.807) is 0 Å². The molecule has 0 saturated carbocycles. The molecule has 1 aromatic heterocycles. The molecule has 1 aliphatic rings. The first kappa shape index (κ1) is 20.9. The van der Waals surface area contributed by atoms with E-state index in [0.29, 0.717) is 10.8 Å². The second-order valence-corrected chi connectivity index (χ2v) is 8.03. The lowest BCUT2D eigenvalue weighted by Gasteiger charge is -2.31. The summed E-state index contributed by atoms with van der Waals surface area (Å²) in [6.07, 6.45) is 3.35.